The fourth-order valence-electron chi connectivity index (χ4n) is 1.93. The fraction of sp³-hybridized carbons (Fsp3) is 0.900. The lowest BCUT2D eigenvalue weighted by atomic mass is 9.99. The quantitative estimate of drug-likeness (QED) is 0.521. The SMILES string of the molecule is COC(=O)CCN1CCC2(CC1)CS2. The molecule has 2 saturated heterocycles. The van der Waals surface area contributed by atoms with E-state index in [9.17, 15) is 4.79 Å². The molecular weight excluding hydrogens is 198 g/mol. The first-order chi connectivity index (χ1) is 6.74. The molecule has 2 aliphatic rings. The predicted molar refractivity (Wildman–Crippen MR) is 57.5 cm³/mol. The van der Waals surface area contributed by atoms with Gasteiger partial charge in [-0.05, 0) is 25.9 Å². The summed E-state index contributed by atoms with van der Waals surface area (Å²) in [5, 5.41) is 0. The van der Waals surface area contributed by atoms with Crippen molar-refractivity contribution >= 4 is 17.7 Å². The predicted octanol–water partition coefficient (Wildman–Crippen LogP) is 1.13. The number of esters is 1. The first kappa shape index (κ1) is 10.3. The summed E-state index contributed by atoms with van der Waals surface area (Å²) in [7, 11) is 1.45. The Morgan fingerprint density at radius 3 is 2.64 bits per heavy atom. The Balaban J connectivity index is 1.65. The van der Waals surface area contributed by atoms with E-state index in [1.54, 1.807) is 0 Å². The lowest BCUT2D eigenvalue weighted by Crippen LogP contribution is -2.38. The number of piperidine rings is 1. The van der Waals surface area contributed by atoms with Crippen LogP contribution in [-0.4, -0.2) is 48.1 Å². The van der Waals surface area contributed by atoms with E-state index < -0.39 is 0 Å². The number of ether oxygens (including phenoxy) is 1. The molecule has 14 heavy (non-hydrogen) atoms. The molecule has 3 nitrogen and oxygen atoms in total. The molecular formula is C10H17NO2S. The topological polar surface area (TPSA) is 29.5 Å². The Labute approximate surface area is 89.2 Å². The lowest BCUT2D eigenvalue weighted by molar-refractivity contribution is -0.141. The van der Waals surface area contributed by atoms with Crippen LogP contribution in [0.25, 0.3) is 0 Å². The molecule has 0 unspecified atom stereocenters. The van der Waals surface area contributed by atoms with Crippen LogP contribution in [0.5, 0.6) is 0 Å². The summed E-state index contributed by atoms with van der Waals surface area (Å²) in [5.41, 5.74) is 0. The number of methoxy groups -OCH3 is 1. The molecule has 0 saturated carbocycles. The van der Waals surface area contributed by atoms with Gasteiger partial charge in [-0.25, -0.2) is 0 Å². The molecule has 0 aromatic carbocycles. The highest BCUT2D eigenvalue weighted by Gasteiger charge is 2.45. The summed E-state index contributed by atoms with van der Waals surface area (Å²) < 4.78 is 5.28. The van der Waals surface area contributed by atoms with E-state index in [1.165, 1.54) is 25.7 Å². The van der Waals surface area contributed by atoms with Crippen molar-refractivity contribution in [3.63, 3.8) is 0 Å². The van der Waals surface area contributed by atoms with Gasteiger partial charge in [0.2, 0.25) is 0 Å². The van der Waals surface area contributed by atoms with Crippen molar-refractivity contribution in [3.8, 4) is 0 Å². The third kappa shape index (κ3) is 2.42. The summed E-state index contributed by atoms with van der Waals surface area (Å²) in [6, 6.07) is 0. The molecule has 0 radical (unpaired) electrons. The minimum Gasteiger partial charge on any atom is -0.469 e. The van der Waals surface area contributed by atoms with Crippen LogP contribution in [0.3, 0.4) is 0 Å². The van der Waals surface area contributed by atoms with Gasteiger partial charge in [0.25, 0.3) is 0 Å². The van der Waals surface area contributed by atoms with Gasteiger partial charge in [0.15, 0.2) is 0 Å². The Hall–Kier alpha value is -0.220. The number of likely N-dealkylation sites (tertiary alicyclic amines) is 1. The summed E-state index contributed by atoms with van der Waals surface area (Å²) >= 11 is 2.10. The van der Waals surface area contributed by atoms with E-state index in [1.807, 2.05) is 0 Å². The highest BCUT2D eigenvalue weighted by Crippen LogP contribution is 2.51. The van der Waals surface area contributed by atoms with Crippen LogP contribution >= 0.6 is 11.8 Å². The van der Waals surface area contributed by atoms with Gasteiger partial charge in [-0.3, -0.25) is 4.79 Å². The summed E-state index contributed by atoms with van der Waals surface area (Å²) in [4.78, 5) is 13.3. The van der Waals surface area contributed by atoms with E-state index >= 15 is 0 Å². The number of hydrogen-bond donors (Lipinski definition) is 0. The smallest absolute Gasteiger partial charge is 0.306 e. The molecule has 0 aromatic rings. The van der Waals surface area contributed by atoms with Crippen LogP contribution < -0.4 is 0 Å². The summed E-state index contributed by atoms with van der Waals surface area (Å²) in [6.07, 6.45) is 3.15. The van der Waals surface area contributed by atoms with Crippen molar-refractivity contribution < 1.29 is 9.53 Å². The highest BCUT2D eigenvalue weighted by atomic mass is 32.2. The van der Waals surface area contributed by atoms with Crippen LogP contribution in [0.2, 0.25) is 0 Å². The Kier molecular flexibility index (Phi) is 3.02. The standard InChI is InChI=1S/C10H17NO2S/c1-13-9(12)2-5-11-6-3-10(4-7-11)8-14-10/h2-8H2,1H3. The van der Waals surface area contributed by atoms with Gasteiger partial charge in [-0.1, -0.05) is 0 Å². The van der Waals surface area contributed by atoms with Crippen molar-refractivity contribution in [1.82, 2.24) is 4.90 Å². The Bertz CT molecular complexity index is 218. The maximum atomic E-state index is 10.9. The average molecular weight is 215 g/mol. The summed E-state index contributed by atoms with van der Waals surface area (Å²) in [6.45, 7) is 3.18. The first-order valence-electron chi connectivity index (χ1n) is 5.17. The third-order valence-electron chi connectivity index (χ3n) is 3.18. The molecule has 0 aromatic heterocycles. The van der Waals surface area contributed by atoms with Gasteiger partial charge >= 0.3 is 5.97 Å². The Morgan fingerprint density at radius 1 is 1.50 bits per heavy atom. The fourth-order valence-corrected chi connectivity index (χ4v) is 2.89. The molecule has 0 atom stereocenters. The third-order valence-corrected chi connectivity index (χ3v) is 4.69. The van der Waals surface area contributed by atoms with E-state index in [0.29, 0.717) is 11.2 Å². The number of carbonyl (C=O) groups excluding carboxylic acids is 1. The van der Waals surface area contributed by atoms with E-state index in [-0.39, 0.29) is 5.97 Å². The van der Waals surface area contributed by atoms with Crippen molar-refractivity contribution in [2.75, 3.05) is 32.5 Å². The van der Waals surface area contributed by atoms with Gasteiger partial charge in [-0.15, -0.1) is 0 Å². The molecule has 0 amide bonds. The average Bonchev–Trinajstić information content (AvgIpc) is 2.97. The molecule has 1 spiro atoms. The second-order valence-corrected chi connectivity index (χ2v) is 5.58. The van der Waals surface area contributed by atoms with Crippen molar-refractivity contribution in [2.45, 2.75) is 24.0 Å². The van der Waals surface area contributed by atoms with E-state index in [0.717, 1.165) is 19.6 Å². The monoisotopic (exact) mass is 215 g/mol. The van der Waals surface area contributed by atoms with Crippen molar-refractivity contribution in [1.29, 1.82) is 0 Å². The van der Waals surface area contributed by atoms with Crippen molar-refractivity contribution in [2.24, 2.45) is 0 Å². The van der Waals surface area contributed by atoms with Crippen LogP contribution in [0.1, 0.15) is 19.3 Å². The number of thioether (sulfide) groups is 1. The molecule has 80 valence electrons. The molecule has 0 aliphatic carbocycles. The van der Waals surface area contributed by atoms with Crippen molar-refractivity contribution in [3.05, 3.63) is 0 Å². The minimum atomic E-state index is -0.0916. The molecule has 2 fully saturated rings. The molecule has 0 bridgehead atoms. The summed E-state index contributed by atoms with van der Waals surface area (Å²) in [5.74, 6) is 1.27. The van der Waals surface area contributed by atoms with Crippen LogP contribution in [0.15, 0.2) is 0 Å². The van der Waals surface area contributed by atoms with Gasteiger partial charge in [0, 0.05) is 17.0 Å². The van der Waals surface area contributed by atoms with Crippen LogP contribution in [0.4, 0.5) is 0 Å². The second-order valence-electron chi connectivity index (χ2n) is 4.14. The van der Waals surface area contributed by atoms with Crippen LogP contribution in [0, 0.1) is 0 Å². The number of hydrogen-bond acceptors (Lipinski definition) is 4. The maximum absolute atomic E-state index is 10.9. The van der Waals surface area contributed by atoms with Gasteiger partial charge in [0.1, 0.15) is 0 Å². The number of rotatable bonds is 3. The minimum absolute atomic E-state index is 0.0916. The van der Waals surface area contributed by atoms with Gasteiger partial charge < -0.3 is 9.64 Å². The molecule has 4 heteroatoms. The zero-order valence-corrected chi connectivity index (χ0v) is 9.44. The number of nitrogens with zero attached hydrogens (tertiary/aromatic N) is 1. The number of carbonyl (C=O) groups is 1. The first-order valence-corrected chi connectivity index (χ1v) is 6.16. The second kappa shape index (κ2) is 4.11. The molecule has 2 rings (SSSR count). The van der Waals surface area contributed by atoms with E-state index in [2.05, 4.69) is 21.4 Å². The van der Waals surface area contributed by atoms with E-state index in [4.69, 9.17) is 0 Å². The van der Waals surface area contributed by atoms with Gasteiger partial charge in [0.05, 0.1) is 13.5 Å². The normalized spacial score (nSPS) is 24.9. The Morgan fingerprint density at radius 2 is 2.14 bits per heavy atom. The lowest BCUT2D eigenvalue weighted by Gasteiger charge is -2.30. The highest BCUT2D eigenvalue weighted by molar-refractivity contribution is 8.07. The zero-order chi connectivity index (χ0) is 10.0. The molecule has 0 N–H and O–H groups in total. The van der Waals surface area contributed by atoms with Gasteiger partial charge in [-0.2, -0.15) is 11.8 Å². The zero-order valence-electron chi connectivity index (χ0n) is 8.62. The van der Waals surface area contributed by atoms with Crippen LogP contribution in [-0.2, 0) is 9.53 Å². The largest absolute Gasteiger partial charge is 0.469 e. The molecule has 2 heterocycles. The maximum Gasteiger partial charge on any atom is 0.306 e. The molecule has 2 aliphatic heterocycles.